The van der Waals surface area contributed by atoms with E-state index >= 15 is 0 Å². The fraction of sp³-hybridized carbons (Fsp3) is 0.296. The summed E-state index contributed by atoms with van der Waals surface area (Å²) in [6.45, 7) is 1.29. The zero-order valence-corrected chi connectivity index (χ0v) is 20.6. The van der Waals surface area contributed by atoms with Gasteiger partial charge < -0.3 is 0 Å². The number of hydrogen-bond donors (Lipinski definition) is 1. The molecular weight excluding hydrogens is 458 g/mol. The highest BCUT2D eigenvalue weighted by molar-refractivity contribution is 7.89. The Balaban J connectivity index is 1.13. The van der Waals surface area contributed by atoms with Crippen LogP contribution in [0.5, 0.6) is 0 Å². The van der Waals surface area contributed by atoms with Gasteiger partial charge in [-0.25, -0.2) is 13.1 Å². The van der Waals surface area contributed by atoms with Crippen molar-refractivity contribution >= 4 is 10.0 Å². The van der Waals surface area contributed by atoms with E-state index in [9.17, 15) is 8.42 Å². The second-order valence-corrected chi connectivity index (χ2v) is 10.2. The van der Waals surface area contributed by atoms with Gasteiger partial charge in [0.25, 0.3) is 0 Å². The van der Waals surface area contributed by atoms with Gasteiger partial charge in [-0.2, -0.15) is 0 Å². The van der Waals surface area contributed by atoms with E-state index in [1.807, 2.05) is 65.5 Å². The second kappa shape index (κ2) is 12.4. The number of sulfonamides is 1. The fourth-order valence-corrected chi connectivity index (χ4v) is 5.30. The third-order valence-corrected chi connectivity index (χ3v) is 7.38. The number of benzene rings is 2. The highest BCUT2D eigenvalue weighted by Crippen LogP contribution is 2.26. The molecule has 35 heavy (non-hydrogen) atoms. The summed E-state index contributed by atoms with van der Waals surface area (Å²) >= 11 is 0. The average Bonchev–Trinajstić information content (AvgIpc) is 3.38. The first-order valence-corrected chi connectivity index (χ1v) is 13.6. The van der Waals surface area contributed by atoms with Crippen molar-refractivity contribution in [1.29, 1.82) is 0 Å². The van der Waals surface area contributed by atoms with E-state index < -0.39 is 10.0 Å². The van der Waals surface area contributed by atoms with Crippen LogP contribution in [0, 0.1) is 0 Å². The van der Waals surface area contributed by atoms with E-state index in [0.29, 0.717) is 11.4 Å². The van der Waals surface area contributed by atoms with Crippen molar-refractivity contribution in [2.45, 2.75) is 50.0 Å². The van der Waals surface area contributed by atoms with Gasteiger partial charge >= 0.3 is 0 Å². The van der Waals surface area contributed by atoms with Crippen molar-refractivity contribution in [3.63, 3.8) is 0 Å². The number of aromatic nitrogens is 4. The standard InChI is InChI=1S/C27H31N5O2S/c33-35(34,27-17-9-8-16-25(27)23-13-6-5-7-14-23)29-19-10-3-1-2-4-11-20-32-22-26(30-31-32)24-15-12-18-28-21-24/h5-9,12-18,21-22,29H,1-4,10-11,19-20H2. The Morgan fingerprint density at radius 2 is 1.49 bits per heavy atom. The molecule has 0 aliphatic heterocycles. The van der Waals surface area contributed by atoms with Crippen LogP contribution in [0.1, 0.15) is 38.5 Å². The predicted octanol–water partition coefficient (Wildman–Crippen LogP) is 5.33. The highest BCUT2D eigenvalue weighted by Gasteiger charge is 2.18. The molecule has 1 N–H and O–H groups in total. The molecule has 0 aliphatic rings. The molecule has 4 aromatic rings. The number of unbranched alkanes of at least 4 members (excludes halogenated alkanes) is 5. The molecule has 4 rings (SSSR count). The second-order valence-electron chi connectivity index (χ2n) is 8.49. The number of rotatable bonds is 13. The minimum atomic E-state index is -3.56. The van der Waals surface area contributed by atoms with Crippen molar-refractivity contribution in [3.8, 4) is 22.4 Å². The van der Waals surface area contributed by atoms with Crippen LogP contribution >= 0.6 is 0 Å². The molecule has 0 bridgehead atoms. The molecule has 0 radical (unpaired) electrons. The fourth-order valence-electron chi connectivity index (χ4n) is 4.00. The normalized spacial score (nSPS) is 11.5. The molecule has 0 atom stereocenters. The lowest BCUT2D eigenvalue weighted by molar-refractivity contribution is 0.512. The summed E-state index contributed by atoms with van der Waals surface area (Å²) < 4.78 is 30.5. The molecule has 0 unspecified atom stereocenters. The van der Waals surface area contributed by atoms with Gasteiger partial charge in [-0.05, 0) is 36.6 Å². The number of aryl methyl sites for hydroxylation is 1. The van der Waals surface area contributed by atoms with Crippen molar-refractivity contribution < 1.29 is 8.42 Å². The van der Waals surface area contributed by atoms with E-state index in [1.165, 1.54) is 0 Å². The first-order valence-electron chi connectivity index (χ1n) is 12.1. The molecule has 7 nitrogen and oxygen atoms in total. The summed E-state index contributed by atoms with van der Waals surface area (Å²) in [6, 6.07) is 20.6. The highest BCUT2D eigenvalue weighted by atomic mass is 32.2. The van der Waals surface area contributed by atoms with Crippen LogP contribution in [0.15, 0.2) is 90.2 Å². The van der Waals surface area contributed by atoms with Crippen molar-refractivity contribution in [2.24, 2.45) is 0 Å². The maximum Gasteiger partial charge on any atom is 0.241 e. The third kappa shape index (κ3) is 7.07. The molecular formula is C27H31N5O2S. The van der Waals surface area contributed by atoms with Crippen LogP contribution in [0.2, 0.25) is 0 Å². The third-order valence-electron chi connectivity index (χ3n) is 5.86. The first kappa shape index (κ1) is 24.8. The van der Waals surface area contributed by atoms with Gasteiger partial charge in [0.05, 0.1) is 11.1 Å². The predicted molar refractivity (Wildman–Crippen MR) is 138 cm³/mol. The van der Waals surface area contributed by atoms with Crippen LogP contribution < -0.4 is 4.72 Å². The van der Waals surface area contributed by atoms with Gasteiger partial charge in [0.15, 0.2) is 0 Å². The lowest BCUT2D eigenvalue weighted by atomic mass is 10.1. The maximum absolute atomic E-state index is 12.9. The molecule has 2 aromatic heterocycles. The van der Waals surface area contributed by atoms with E-state index in [1.54, 1.807) is 24.5 Å². The molecule has 0 amide bonds. The van der Waals surface area contributed by atoms with Gasteiger partial charge in [0, 0.05) is 36.6 Å². The lowest BCUT2D eigenvalue weighted by Crippen LogP contribution is -2.25. The van der Waals surface area contributed by atoms with E-state index in [2.05, 4.69) is 20.0 Å². The summed E-state index contributed by atoms with van der Waals surface area (Å²) in [5.74, 6) is 0. The topological polar surface area (TPSA) is 89.8 Å². The van der Waals surface area contributed by atoms with Crippen LogP contribution in [0.3, 0.4) is 0 Å². The van der Waals surface area contributed by atoms with Crippen LogP contribution in [-0.2, 0) is 16.6 Å². The molecule has 8 heteroatoms. The Hall–Kier alpha value is -3.36. The number of pyridine rings is 1. The Labute approximate surface area is 207 Å². The Morgan fingerprint density at radius 1 is 0.771 bits per heavy atom. The first-order chi connectivity index (χ1) is 17.1. The molecule has 2 heterocycles. The molecule has 182 valence electrons. The molecule has 0 saturated carbocycles. The monoisotopic (exact) mass is 489 g/mol. The summed E-state index contributed by atoms with van der Waals surface area (Å²) in [5.41, 5.74) is 3.43. The summed E-state index contributed by atoms with van der Waals surface area (Å²) in [5, 5.41) is 8.41. The van der Waals surface area contributed by atoms with E-state index in [0.717, 1.165) is 67.5 Å². The molecule has 2 aromatic carbocycles. The number of hydrogen-bond acceptors (Lipinski definition) is 5. The largest absolute Gasteiger partial charge is 0.264 e. The maximum atomic E-state index is 12.9. The van der Waals surface area contributed by atoms with Gasteiger partial charge in [-0.1, -0.05) is 79.4 Å². The van der Waals surface area contributed by atoms with Gasteiger partial charge in [0.1, 0.15) is 5.69 Å². The van der Waals surface area contributed by atoms with Crippen LogP contribution in [0.25, 0.3) is 22.4 Å². The van der Waals surface area contributed by atoms with Gasteiger partial charge in [0.2, 0.25) is 10.0 Å². The minimum Gasteiger partial charge on any atom is -0.264 e. The molecule has 0 aliphatic carbocycles. The van der Waals surface area contributed by atoms with Crippen LogP contribution in [0.4, 0.5) is 0 Å². The van der Waals surface area contributed by atoms with E-state index in [-0.39, 0.29) is 0 Å². The summed E-state index contributed by atoms with van der Waals surface area (Å²) in [6.07, 6.45) is 11.7. The SMILES string of the molecule is O=S(=O)(NCCCCCCCCn1cc(-c2cccnc2)nn1)c1ccccc1-c1ccccc1. The van der Waals surface area contributed by atoms with Crippen molar-refractivity contribution in [3.05, 3.63) is 85.3 Å². The van der Waals surface area contributed by atoms with Gasteiger partial charge in [-0.15, -0.1) is 5.10 Å². The van der Waals surface area contributed by atoms with E-state index in [4.69, 9.17) is 0 Å². The Bertz CT molecular complexity index is 1290. The summed E-state index contributed by atoms with van der Waals surface area (Å²) in [4.78, 5) is 4.44. The van der Waals surface area contributed by atoms with Gasteiger partial charge in [-0.3, -0.25) is 9.67 Å². The van der Waals surface area contributed by atoms with Crippen LogP contribution in [-0.4, -0.2) is 34.9 Å². The zero-order chi connectivity index (χ0) is 24.3. The lowest BCUT2D eigenvalue weighted by Gasteiger charge is -2.12. The Morgan fingerprint density at radius 3 is 2.29 bits per heavy atom. The average molecular weight is 490 g/mol. The quantitative estimate of drug-likeness (QED) is 0.257. The number of nitrogens with zero attached hydrogens (tertiary/aromatic N) is 4. The molecule has 0 spiro atoms. The Kier molecular flexibility index (Phi) is 8.75. The number of nitrogens with one attached hydrogen (secondary N) is 1. The van der Waals surface area contributed by atoms with Crippen molar-refractivity contribution in [1.82, 2.24) is 24.7 Å². The molecule has 0 saturated heterocycles. The minimum absolute atomic E-state index is 0.325. The molecule has 0 fully saturated rings. The zero-order valence-electron chi connectivity index (χ0n) is 19.8. The smallest absolute Gasteiger partial charge is 0.241 e. The van der Waals surface area contributed by atoms with Crippen molar-refractivity contribution in [2.75, 3.05) is 6.54 Å². The summed E-state index contributed by atoms with van der Waals surface area (Å²) in [7, 11) is -3.56.